The summed E-state index contributed by atoms with van der Waals surface area (Å²) in [5.41, 5.74) is 2.78. The number of ether oxygens (including phenoxy) is 1. The predicted molar refractivity (Wildman–Crippen MR) is 119 cm³/mol. The quantitative estimate of drug-likeness (QED) is 0.396. The maximum Gasteiger partial charge on any atom is 0.262 e. The van der Waals surface area contributed by atoms with Gasteiger partial charge < -0.3 is 10.1 Å². The van der Waals surface area contributed by atoms with Gasteiger partial charge in [-0.2, -0.15) is 5.26 Å². The second-order valence-electron chi connectivity index (χ2n) is 6.76. The van der Waals surface area contributed by atoms with Crippen molar-refractivity contribution in [2.24, 2.45) is 0 Å². The van der Waals surface area contributed by atoms with Crippen LogP contribution in [-0.2, 0) is 11.4 Å². The average molecular weight is 417 g/mol. The number of nitrogens with zero attached hydrogens (tertiary/aromatic N) is 1. The third-order valence-corrected chi connectivity index (χ3v) is 4.77. The van der Waals surface area contributed by atoms with Crippen molar-refractivity contribution in [2.75, 3.05) is 0 Å². The summed E-state index contributed by atoms with van der Waals surface area (Å²) in [4.78, 5) is 12.5. The molecule has 0 heterocycles. The van der Waals surface area contributed by atoms with Crippen molar-refractivity contribution in [3.63, 3.8) is 0 Å². The summed E-state index contributed by atoms with van der Waals surface area (Å²) in [6, 6.07) is 26.1. The van der Waals surface area contributed by atoms with E-state index in [1.54, 1.807) is 18.2 Å². The van der Waals surface area contributed by atoms with Crippen LogP contribution in [0.3, 0.4) is 0 Å². The Bertz CT molecular complexity index is 1050. The smallest absolute Gasteiger partial charge is 0.262 e. The zero-order chi connectivity index (χ0) is 21.3. The number of carbonyl (C=O) groups excluding carboxylic acids is 1. The maximum atomic E-state index is 12.5. The first-order valence-corrected chi connectivity index (χ1v) is 9.88. The van der Waals surface area contributed by atoms with E-state index in [1.807, 2.05) is 79.7 Å². The highest BCUT2D eigenvalue weighted by Crippen LogP contribution is 2.18. The maximum absolute atomic E-state index is 12.5. The van der Waals surface area contributed by atoms with E-state index < -0.39 is 5.91 Å². The average Bonchev–Trinajstić information content (AvgIpc) is 2.78. The number of benzene rings is 3. The van der Waals surface area contributed by atoms with Crippen LogP contribution in [0.1, 0.15) is 29.7 Å². The van der Waals surface area contributed by atoms with Crippen molar-refractivity contribution < 1.29 is 9.53 Å². The summed E-state index contributed by atoms with van der Waals surface area (Å²) < 4.78 is 5.76. The first-order valence-electron chi connectivity index (χ1n) is 9.50. The Balaban J connectivity index is 1.61. The largest absolute Gasteiger partial charge is 0.489 e. The van der Waals surface area contributed by atoms with Gasteiger partial charge in [0.2, 0.25) is 0 Å². The molecule has 150 valence electrons. The summed E-state index contributed by atoms with van der Waals surface area (Å²) in [7, 11) is 0. The first kappa shape index (κ1) is 21.2. The van der Waals surface area contributed by atoms with Crippen LogP contribution >= 0.6 is 11.6 Å². The van der Waals surface area contributed by atoms with Crippen LogP contribution in [0.15, 0.2) is 84.4 Å². The lowest BCUT2D eigenvalue weighted by atomic mass is 10.1. The molecule has 3 aromatic carbocycles. The number of halogens is 1. The molecule has 0 saturated heterocycles. The standard InChI is InChI=1S/C25H21ClN2O2/c1-18(21-5-3-2-4-6-21)28-25(29)22(16-27)15-19-9-13-24(14-10-19)30-17-20-7-11-23(26)12-8-20/h2-15,18H,17H2,1H3,(H,28,29)/b22-15+. The van der Waals surface area contributed by atoms with Crippen molar-refractivity contribution in [3.8, 4) is 11.8 Å². The van der Waals surface area contributed by atoms with Crippen molar-refractivity contribution in [1.29, 1.82) is 5.26 Å². The van der Waals surface area contributed by atoms with Gasteiger partial charge in [0.1, 0.15) is 24.0 Å². The number of amides is 1. The van der Waals surface area contributed by atoms with Crippen LogP contribution in [0.5, 0.6) is 5.75 Å². The highest BCUT2D eigenvalue weighted by molar-refractivity contribution is 6.30. The summed E-state index contributed by atoms with van der Waals surface area (Å²) in [5.74, 6) is 0.291. The fourth-order valence-electron chi connectivity index (χ4n) is 2.82. The van der Waals surface area contributed by atoms with Gasteiger partial charge in [-0.15, -0.1) is 0 Å². The molecule has 0 aromatic heterocycles. The van der Waals surface area contributed by atoms with Gasteiger partial charge in [0.15, 0.2) is 0 Å². The molecule has 1 amide bonds. The number of nitriles is 1. The lowest BCUT2D eigenvalue weighted by molar-refractivity contribution is -0.117. The van der Waals surface area contributed by atoms with Crippen molar-refractivity contribution >= 4 is 23.6 Å². The van der Waals surface area contributed by atoms with E-state index in [2.05, 4.69) is 5.32 Å². The molecule has 1 N–H and O–H groups in total. The van der Waals surface area contributed by atoms with Crippen LogP contribution in [0.2, 0.25) is 5.02 Å². The van der Waals surface area contributed by atoms with Gasteiger partial charge in [0.25, 0.3) is 5.91 Å². The Kier molecular flexibility index (Phi) is 7.26. The van der Waals surface area contributed by atoms with Crippen molar-refractivity contribution in [3.05, 3.63) is 106 Å². The van der Waals surface area contributed by atoms with Gasteiger partial charge in [-0.3, -0.25) is 4.79 Å². The molecular weight excluding hydrogens is 396 g/mol. The molecule has 0 aliphatic carbocycles. The molecule has 3 rings (SSSR count). The molecule has 30 heavy (non-hydrogen) atoms. The van der Waals surface area contributed by atoms with Crippen LogP contribution < -0.4 is 10.1 Å². The second-order valence-corrected chi connectivity index (χ2v) is 7.20. The second kappa shape index (κ2) is 10.3. The normalized spacial score (nSPS) is 12.0. The van der Waals surface area contributed by atoms with Crippen LogP contribution in [0.4, 0.5) is 0 Å². The Hall–Kier alpha value is -3.55. The molecule has 0 radical (unpaired) electrons. The van der Waals surface area contributed by atoms with E-state index >= 15 is 0 Å². The zero-order valence-corrected chi connectivity index (χ0v) is 17.3. The van der Waals surface area contributed by atoms with Crippen LogP contribution in [-0.4, -0.2) is 5.91 Å². The summed E-state index contributed by atoms with van der Waals surface area (Å²) >= 11 is 5.88. The predicted octanol–water partition coefficient (Wildman–Crippen LogP) is 5.70. The van der Waals surface area contributed by atoms with Crippen LogP contribution in [0, 0.1) is 11.3 Å². The monoisotopic (exact) mass is 416 g/mol. The molecule has 1 atom stereocenters. The van der Waals surface area contributed by atoms with Gasteiger partial charge >= 0.3 is 0 Å². The fraction of sp³-hybridized carbons (Fsp3) is 0.120. The number of carbonyl (C=O) groups is 1. The Morgan fingerprint density at radius 3 is 2.37 bits per heavy atom. The molecular formula is C25H21ClN2O2. The number of hydrogen-bond acceptors (Lipinski definition) is 3. The summed E-state index contributed by atoms with van der Waals surface area (Å²) in [6.45, 7) is 2.31. The van der Waals surface area contributed by atoms with Gasteiger partial charge in [-0.05, 0) is 54.0 Å². The number of rotatable bonds is 7. The molecule has 0 fully saturated rings. The molecule has 0 bridgehead atoms. The minimum atomic E-state index is -0.406. The van der Waals surface area contributed by atoms with Gasteiger partial charge in [0, 0.05) is 5.02 Å². The fourth-order valence-corrected chi connectivity index (χ4v) is 2.95. The Labute approximate surface area is 181 Å². The summed E-state index contributed by atoms with van der Waals surface area (Å²) in [5, 5.41) is 13.0. The lowest BCUT2D eigenvalue weighted by Crippen LogP contribution is -2.27. The summed E-state index contributed by atoms with van der Waals surface area (Å²) in [6.07, 6.45) is 1.57. The number of nitrogens with one attached hydrogen (secondary N) is 1. The molecule has 3 aromatic rings. The van der Waals surface area contributed by atoms with Gasteiger partial charge in [-0.25, -0.2) is 0 Å². The topological polar surface area (TPSA) is 62.1 Å². The molecule has 0 aliphatic rings. The van der Waals surface area contributed by atoms with E-state index in [9.17, 15) is 10.1 Å². The molecule has 5 heteroatoms. The van der Waals surface area contributed by atoms with E-state index in [0.29, 0.717) is 17.4 Å². The molecule has 4 nitrogen and oxygen atoms in total. The third-order valence-electron chi connectivity index (χ3n) is 4.52. The van der Waals surface area contributed by atoms with E-state index in [-0.39, 0.29) is 11.6 Å². The van der Waals surface area contributed by atoms with Crippen LogP contribution in [0.25, 0.3) is 6.08 Å². The Morgan fingerprint density at radius 2 is 1.73 bits per heavy atom. The van der Waals surface area contributed by atoms with E-state index in [4.69, 9.17) is 16.3 Å². The molecule has 1 unspecified atom stereocenters. The molecule has 0 saturated carbocycles. The highest BCUT2D eigenvalue weighted by Gasteiger charge is 2.13. The SMILES string of the molecule is CC(NC(=O)/C(C#N)=C/c1ccc(OCc2ccc(Cl)cc2)cc1)c1ccccc1. The molecule has 0 aliphatic heterocycles. The van der Waals surface area contributed by atoms with E-state index in [0.717, 1.165) is 16.7 Å². The molecule has 0 spiro atoms. The minimum Gasteiger partial charge on any atom is -0.489 e. The lowest BCUT2D eigenvalue weighted by Gasteiger charge is -2.13. The zero-order valence-electron chi connectivity index (χ0n) is 16.5. The van der Waals surface area contributed by atoms with Gasteiger partial charge in [0.05, 0.1) is 6.04 Å². The number of hydrogen-bond donors (Lipinski definition) is 1. The van der Waals surface area contributed by atoms with Gasteiger partial charge in [-0.1, -0.05) is 66.2 Å². The minimum absolute atomic E-state index is 0.0487. The third kappa shape index (κ3) is 5.97. The highest BCUT2D eigenvalue weighted by atomic mass is 35.5. The van der Waals surface area contributed by atoms with Crippen molar-refractivity contribution in [1.82, 2.24) is 5.32 Å². The Morgan fingerprint density at radius 1 is 1.07 bits per heavy atom. The van der Waals surface area contributed by atoms with E-state index in [1.165, 1.54) is 0 Å². The van der Waals surface area contributed by atoms with Crippen molar-refractivity contribution in [2.45, 2.75) is 19.6 Å². The first-order chi connectivity index (χ1) is 14.5.